The molecule has 0 aliphatic carbocycles. The molecule has 0 amide bonds. The lowest BCUT2D eigenvalue weighted by Crippen LogP contribution is -2.43. The Balaban J connectivity index is 1.96. The van der Waals surface area contributed by atoms with E-state index in [0.29, 0.717) is 21.9 Å². The van der Waals surface area contributed by atoms with Gasteiger partial charge in [0.05, 0.1) is 0 Å². The van der Waals surface area contributed by atoms with E-state index in [-0.39, 0.29) is 12.0 Å². The molecule has 1 aromatic carbocycles. The minimum atomic E-state index is 0.138. The number of rotatable bonds is 1. The first-order valence-electron chi connectivity index (χ1n) is 7.27. The molecule has 1 atom stereocenters. The highest BCUT2D eigenvalue weighted by molar-refractivity contribution is 6.31. The highest BCUT2D eigenvalue weighted by Gasteiger charge is 2.23. The van der Waals surface area contributed by atoms with E-state index in [1.54, 1.807) is 6.07 Å². The Kier molecular flexibility index (Phi) is 3.09. The van der Waals surface area contributed by atoms with Crippen LogP contribution in [-0.2, 0) is 0 Å². The Bertz CT molecular complexity index is 862. The standard InChI is InChI=1S/C15H16ClN5O/c16-8-3-4-11-10(6-8)12-13(22-11)14(20-15(18)19-12)21-5-1-2-9(17)7-21/h3-4,6,9H,1-2,5,7,17H2,(H2,18,19,20)/t9-/m1/s1. The average molecular weight is 318 g/mol. The second-order valence-corrected chi connectivity index (χ2v) is 6.11. The minimum Gasteiger partial charge on any atom is -0.450 e. The smallest absolute Gasteiger partial charge is 0.222 e. The third-order valence-electron chi connectivity index (χ3n) is 4.03. The van der Waals surface area contributed by atoms with Crippen LogP contribution < -0.4 is 16.4 Å². The van der Waals surface area contributed by atoms with Crippen LogP contribution in [-0.4, -0.2) is 29.1 Å². The molecule has 7 heteroatoms. The van der Waals surface area contributed by atoms with Crippen molar-refractivity contribution in [2.45, 2.75) is 18.9 Å². The molecule has 4 rings (SSSR count). The monoisotopic (exact) mass is 317 g/mol. The molecule has 6 nitrogen and oxygen atoms in total. The van der Waals surface area contributed by atoms with Crippen LogP contribution in [0.1, 0.15) is 12.8 Å². The Labute approximate surface area is 132 Å². The summed E-state index contributed by atoms with van der Waals surface area (Å²) in [5, 5.41) is 1.48. The molecule has 0 unspecified atom stereocenters. The Morgan fingerprint density at radius 1 is 1.32 bits per heavy atom. The van der Waals surface area contributed by atoms with E-state index in [4.69, 9.17) is 27.5 Å². The first-order valence-corrected chi connectivity index (χ1v) is 7.65. The van der Waals surface area contributed by atoms with Crippen molar-refractivity contribution in [3.63, 3.8) is 0 Å². The van der Waals surface area contributed by atoms with Crippen molar-refractivity contribution in [3.8, 4) is 0 Å². The maximum absolute atomic E-state index is 6.08. The van der Waals surface area contributed by atoms with Crippen molar-refractivity contribution in [2.75, 3.05) is 23.7 Å². The van der Waals surface area contributed by atoms with Gasteiger partial charge in [-0.3, -0.25) is 0 Å². The highest BCUT2D eigenvalue weighted by atomic mass is 35.5. The van der Waals surface area contributed by atoms with Crippen molar-refractivity contribution < 1.29 is 4.42 Å². The van der Waals surface area contributed by atoms with Gasteiger partial charge in [0.15, 0.2) is 11.4 Å². The van der Waals surface area contributed by atoms with Crippen molar-refractivity contribution in [3.05, 3.63) is 23.2 Å². The number of furan rings is 1. The number of hydrogen-bond donors (Lipinski definition) is 2. The highest BCUT2D eigenvalue weighted by Crippen LogP contribution is 2.35. The molecule has 114 valence electrons. The van der Waals surface area contributed by atoms with Gasteiger partial charge in [0.25, 0.3) is 0 Å². The maximum atomic E-state index is 6.08. The van der Waals surface area contributed by atoms with Crippen molar-refractivity contribution in [1.82, 2.24) is 9.97 Å². The largest absolute Gasteiger partial charge is 0.450 e. The lowest BCUT2D eigenvalue weighted by molar-refractivity contribution is 0.502. The topological polar surface area (TPSA) is 94.2 Å². The molecule has 1 fully saturated rings. The molecular weight excluding hydrogens is 302 g/mol. The van der Waals surface area contributed by atoms with Gasteiger partial charge in [-0.15, -0.1) is 0 Å². The van der Waals surface area contributed by atoms with Crippen molar-refractivity contribution in [1.29, 1.82) is 0 Å². The van der Waals surface area contributed by atoms with Gasteiger partial charge in [0.2, 0.25) is 5.95 Å². The van der Waals surface area contributed by atoms with Gasteiger partial charge >= 0.3 is 0 Å². The summed E-state index contributed by atoms with van der Waals surface area (Å²) in [5.74, 6) is 0.939. The second kappa shape index (κ2) is 5.00. The summed E-state index contributed by atoms with van der Waals surface area (Å²) in [5.41, 5.74) is 14.0. The van der Waals surface area contributed by atoms with Crippen LogP contribution in [0.4, 0.5) is 11.8 Å². The zero-order valence-corrected chi connectivity index (χ0v) is 12.7. The second-order valence-electron chi connectivity index (χ2n) is 5.67. The van der Waals surface area contributed by atoms with Crippen LogP contribution in [0.3, 0.4) is 0 Å². The van der Waals surface area contributed by atoms with Crippen LogP contribution in [0.15, 0.2) is 22.6 Å². The fourth-order valence-electron chi connectivity index (χ4n) is 3.03. The van der Waals surface area contributed by atoms with Crippen molar-refractivity contribution in [2.24, 2.45) is 5.73 Å². The predicted octanol–water partition coefficient (Wildman–Crippen LogP) is 2.54. The molecule has 1 saturated heterocycles. The maximum Gasteiger partial charge on any atom is 0.222 e. The van der Waals surface area contributed by atoms with E-state index in [1.165, 1.54) is 0 Å². The fraction of sp³-hybridized carbons (Fsp3) is 0.333. The van der Waals surface area contributed by atoms with Crippen LogP contribution in [0.25, 0.3) is 22.1 Å². The molecule has 3 aromatic rings. The van der Waals surface area contributed by atoms with Crippen LogP contribution in [0.5, 0.6) is 0 Å². The Morgan fingerprint density at radius 3 is 3.00 bits per heavy atom. The number of nitrogens with two attached hydrogens (primary N) is 2. The molecule has 0 spiro atoms. The molecule has 0 radical (unpaired) electrons. The SMILES string of the molecule is Nc1nc(N2CCC[C@@H](N)C2)c2oc3ccc(Cl)cc3c2n1. The van der Waals surface area contributed by atoms with E-state index in [2.05, 4.69) is 14.9 Å². The van der Waals surface area contributed by atoms with Gasteiger partial charge in [-0.05, 0) is 31.0 Å². The number of anilines is 2. The minimum absolute atomic E-state index is 0.138. The summed E-state index contributed by atoms with van der Waals surface area (Å²) in [6, 6.07) is 5.60. The summed E-state index contributed by atoms with van der Waals surface area (Å²) in [7, 11) is 0. The Hall–Kier alpha value is -2.05. The fourth-order valence-corrected chi connectivity index (χ4v) is 3.21. The summed E-state index contributed by atoms with van der Waals surface area (Å²) in [6.07, 6.45) is 2.05. The Morgan fingerprint density at radius 2 is 2.18 bits per heavy atom. The number of halogens is 1. The van der Waals surface area contributed by atoms with Gasteiger partial charge in [0, 0.05) is 29.5 Å². The number of piperidine rings is 1. The molecule has 1 aliphatic rings. The lowest BCUT2D eigenvalue weighted by atomic mass is 10.1. The summed E-state index contributed by atoms with van der Waals surface area (Å²) in [6.45, 7) is 1.63. The molecule has 2 aromatic heterocycles. The number of nitrogen functional groups attached to an aromatic ring is 1. The van der Waals surface area contributed by atoms with Gasteiger partial charge in [-0.1, -0.05) is 11.6 Å². The van der Waals surface area contributed by atoms with Crippen LogP contribution in [0.2, 0.25) is 5.02 Å². The molecular formula is C15H16ClN5O. The summed E-state index contributed by atoms with van der Waals surface area (Å²) < 4.78 is 5.96. The molecule has 4 N–H and O–H groups in total. The molecule has 3 heterocycles. The molecule has 0 saturated carbocycles. The van der Waals surface area contributed by atoms with Crippen molar-refractivity contribution >= 4 is 45.4 Å². The number of fused-ring (bicyclic) bond motifs is 3. The van der Waals surface area contributed by atoms with E-state index in [9.17, 15) is 0 Å². The van der Waals surface area contributed by atoms with Crippen LogP contribution in [0, 0.1) is 0 Å². The third-order valence-corrected chi connectivity index (χ3v) is 4.27. The zero-order valence-electron chi connectivity index (χ0n) is 11.9. The van der Waals surface area contributed by atoms with Crippen LogP contribution >= 0.6 is 11.6 Å². The molecule has 1 aliphatic heterocycles. The number of hydrogen-bond acceptors (Lipinski definition) is 6. The molecule has 22 heavy (non-hydrogen) atoms. The first-order chi connectivity index (χ1) is 10.6. The first kappa shape index (κ1) is 13.6. The predicted molar refractivity (Wildman–Crippen MR) is 88.2 cm³/mol. The third kappa shape index (κ3) is 2.15. The van der Waals surface area contributed by atoms with Gasteiger partial charge in [0.1, 0.15) is 11.1 Å². The van der Waals surface area contributed by atoms with E-state index < -0.39 is 0 Å². The van der Waals surface area contributed by atoms with E-state index >= 15 is 0 Å². The van der Waals surface area contributed by atoms with Gasteiger partial charge in [-0.25, -0.2) is 4.98 Å². The zero-order chi connectivity index (χ0) is 15.3. The number of aromatic nitrogens is 2. The average Bonchev–Trinajstić information content (AvgIpc) is 2.84. The van der Waals surface area contributed by atoms with Gasteiger partial charge < -0.3 is 20.8 Å². The quantitative estimate of drug-likeness (QED) is 0.716. The van der Waals surface area contributed by atoms with E-state index in [0.717, 1.165) is 36.9 Å². The van der Waals surface area contributed by atoms with E-state index in [1.807, 2.05) is 12.1 Å². The lowest BCUT2D eigenvalue weighted by Gasteiger charge is -2.31. The summed E-state index contributed by atoms with van der Waals surface area (Å²) in [4.78, 5) is 10.8. The van der Waals surface area contributed by atoms with Gasteiger partial charge in [-0.2, -0.15) is 4.98 Å². The normalized spacial score (nSPS) is 19.2. The summed E-state index contributed by atoms with van der Waals surface area (Å²) >= 11 is 6.08. The number of nitrogens with zero attached hydrogens (tertiary/aromatic N) is 3. The number of benzene rings is 1. The molecule has 0 bridgehead atoms.